The lowest BCUT2D eigenvalue weighted by atomic mass is 9.56. The molecule has 4 aliphatic rings. The van der Waals surface area contributed by atoms with Gasteiger partial charge in [0.25, 0.3) is 0 Å². The molecule has 4 fully saturated rings. The van der Waals surface area contributed by atoms with Crippen molar-refractivity contribution in [2.45, 2.75) is 38.5 Å². The Morgan fingerprint density at radius 1 is 0.577 bits per heavy atom. The van der Waals surface area contributed by atoms with Crippen LogP contribution in [-0.2, 0) is 0 Å². The molecule has 7 rings (SSSR count). The molecule has 4 aliphatic carbocycles. The van der Waals surface area contributed by atoms with Gasteiger partial charge >= 0.3 is 0 Å². The average molecular weight is 346 g/mol. The Morgan fingerprint density at radius 3 is 1.62 bits per heavy atom. The predicted octanol–water partition coefficient (Wildman–Crippen LogP) is 6.24. The first kappa shape index (κ1) is 16.0. The van der Waals surface area contributed by atoms with Crippen molar-refractivity contribution in [1.82, 2.24) is 0 Å². The van der Waals surface area contributed by atoms with E-state index in [-0.39, 0.29) is 11.5 Å². The van der Waals surface area contributed by atoms with Crippen LogP contribution < -0.4 is 0 Å². The molecule has 3 aromatic carbocycles. The molecule has 4 bridgehead atoms. The van der Waals surface area contributed by atoms with Crippen LogP contribution in [0.2, 0.25) is 0 Å². The fraction of sp³-hybridized carbons (Fsp3) is 0.417. The number of benzene rings is 3. The highest BCUT2D eigenvalue weighted by atomic mass is 16.3. The summed E-state index contributed by atoms with van der Waals surface area (Å²) in [5, 5.41) is 23.0. The minimum Gasteiger partial charge on any atom is -0.504 e. The summed E-state index contributed by atoms with van der Waals surface area (Å²) in [6.07, 6.45) is 9.62. The van der Waals surface area contributed by atoms with Gasteiger partial charge in [-0.1, -0.05) is 30.3 Å². The van der Waals surface area contributed by atoms with Gasteiger partial charge in [0.1, 0.15) is 0 Å². The molecule has 0 atom stereocenters. The lowest BCUT2D eigenvalue weighted by Crippen LogP contribution is -2.38. The zero-order valence-electron chi connectivity index (χ0n) is 15.1. The number of hydrogen-bond acceptors (Lipinski definition) is 2. The van der Waals surface area contributed by atoms with Gasteiger partial charge < -0.3 is 10.2 Å². The molecule has 4 saturated carbocycles. The zero-order chi connectivity index (χ0) is 17.7. The van der Waals surface area contributed by atoms with E-state index >= 15 is 0 Å². The van der Waals surface area contributed by atoms with Crippen LogP contribution in [0, 0.1) is 23.7 Å². The molecule has 0 aliphatic heterocycles. The van der Waals surface area contributed by atoms with Crippen molar-refractivity contribution in [2.24, 2.45) is 23.7 Å². The Balaban J connectivity index is 0.000000127. The minimum absolute atomic E-state index is 0.0525. The summed E-state index contributed by atoms with van der Waals surface area (Å²) in [6.45, 7) is 0. The molecule has 2 heteroatoms. The Labute approximate surface area is 154 Å². The van der Waals surface area contributed by atoms with Crippen molar-refractivity contribution in [3.8, 4) is 11.5 Å². The Morgan fingerprint density at radius 2 is 1.08 bits per heavy atom. The van der Waals surface area contributed by atoms with E-state index in [9.17, 15) is 10.2 Å². The fourth-order valence-corrected chi connectivity index (χ4v) is 5.97. The maximum Gasteiger partial charge on any atom is 0.165 e. The molecule has 3 aromatic rings. The van der Waals surface area contributed by atoms with Gasteiger partial charge in [-0.2, -0.15) is 0 Å². The summed E-state index contributed by atoms with van der Waals surface area (Å²) < 4.78 is 0. The molecule has 2 N–H and O–H groups in total. The smallest absolute Gasteiger partial charge is 0.165 e. The molecule has 2 nitrogen and oxygen atoms in total. The first-order chi connectivity index (χ1) is 12.7. The van der Waals surface area contributed by atoms with Gasteiger partial charge in [0.2, 0.25) is 0 Å². The van der Waals surface area contributed by atoms with Crippen LogP contribution in [0.3, 0.4) is 0 Å². The van der Waals surface area contributed by atoms with Gasteiger partial charge in [0.05, 0.1) is 0 Å². The van der Waals surface area contributed by atoms with Crippen molar-refractivity contribution in [1.29, 1.82) is 0 Å². The summed E-state index contributed by atoms with van der Waals surface area (Å²) in [4.78, 5) is 0. The third-order valence-electron chi connectivity index (χ3n) is 6.84. The van der Waals surface area contributed by atoms with Crippen molar-refractivity contribution in [3.05, 3.63) is 48.5 Å². The molecule has 0 saturated heterocycles. The number of hydrogen-bond donors (Lipinski definition) is 2. The van der Waals surface area contributed by atoms with Gasteiger partial charge in [-0.3, -0.25) is 0 Å². The van der Waals surface area contributed by atoms with E-state index in [1.807, 2.05) is 36.4 Å². The van der Waals surface area contributed by atoms with Gasteiger partial charge in [0, 0.05) is 5.39 Å². The first-order valence-corrected chi connectivity index (χ1v) is 9.99. The van der Waals surface area contributed by atoms with Crippen LogP contribution in [0.15, 0.2) is 48.5 Å². The highest BCUT2D eigenvalue weighted by molar-refractivity contribution is 6.01. The second-order valence-corrected chi connectivity index (χ2v) is 8.73. The summed E-state index contributed by atoms with van der Waals surface area (Å²) >= 11 is 0. The largest absolute Gasteiger partial charge is 0.504 e. The van der Waals surface area contributed by atoms with E-state index in [0.29, 0.717) is 5.39 Å². The molecule has 0 radical (unpaired) electrons. The van der Waals surface area contributed by atoms with Gasteiger partial charge in [0.15, 0.2) is 11.5 Å². The summed E-state index contributed by atoms with van der Waals surface area (Å²) in [6, 6.07) is 15.1. The summed E-state index contributed by atoms with van der Waals surface area (Å²) in [7, 11) is 0. The standard InChI is InChI=1S/C14H10O2.C10H16/c15-13-6-5-11-7-9-3-1-2-4-10(9)8-12(11)14(13)16;1-7-2-9-4-8(1)5-10(3-7)6-9/h1-8,15-16H;7-10H,1-6H2. The van der Waals surface area contributed by atoms with E-state index in [2.05, 4.69) is 0 Å². The topological polar surface area (TPSA) is 40.5 Å². The average Bonchev–Trinajstić information content (AvgIpc) is 2.63. The Bertz CT molecular complexity index is 902. The lowest BCUT2D eigenvalue weighted by Gasteiger charge is -2.49. The van der Waals surface area contributed by atoms with Crippen LogP contribution in [0.5, 0.6) is 11.5 Å². The van der Waals surface area contributed by atoms with E-state index in [4.69, 9.17) is 0 Å². The number of aromatic hydroxyl groups is 2. The van der Waals surface area contributed by atoms with E-state index in [1.165, 1.54) is 29.7 Å². The van der Waals surface area contributed by atoms with Crippen molar-refractivity contribution >= 4 is 21.5 Å². The first-order valence-electron chi connectivity index (χ1n) is 9.99. The highest BCUT2D eigenvalue weighted by Crippen LogP contribution is 2.53. The monoisotopic (exact) mass is 346 g/mol. The van der Waals surface area contributed by atoms with Crippen molar-refractivity contribution in [3.63, 3.8) is 0 Å². The van der Waals surface area contributed by atoms with Crippen molar-refractivity contribution in [2.75, 3.05) is 0 Å². The van der Waals surface area contributed by atoms with E-state index < -0.39 is 0 Å². The maximum atomic E-state index is 9.77. The van der Waals surface area contributed by atoms with Gasteiger partial charge in [-0.15, -0.1) is 0 Å². The molecule has 0 heterocycles. The molecular formula is C24H26O2. The molecule has 26 heavy (non-hydrogen) atoms. The summed E-state index contributed by atoms with van der Waals surface area (Å²) in [5.41, 5.74) is 0. The van der Waals surface area contributed by atoms with Crippen LogP contribution in [0.4, 0.5) is 0 Å². The third kappa shape index (κ3) is 2.82. The zero-order valence-corrected chi connectivity index (χ0v) is 15.1. The van der Waals surface area contributed by atoms with Crippen LogP contribution >= 0.6 is 0 Å². The second kappa shape index (κ2) is 6.19. The minimum atomic E-state index is -0.0808. The lowest BCUT2D eigenvalue weighted by molar-refractivity contribution is 0.0198. The SMILES string of the molecule is C1C2CC3CC1CC(C2)C3.Oc1ccc2cc3ccccc3cc2c1O. The maximum absolute atomic E-state index is 9.77. The molecule has 0 spiro atoms. The molecule has 134 valence electrons. The van der Waals surface area contributed by atoms with Gasteiger partial charge in [-0.25, -0.2) is 0 Å². The summed E-state index contributed by atoms with van der Waals surface area (Å²) in [5.74, 6) is 4.58. The van der Waals surface area contributed by atoms with Crippen LogP contribution in [0.25, 0.3) is 21.5 Å². The normalized spacial score (nSPS) is 28.9. The van der Waals surface area contributed by atoms with E-state index in [1.54, 1.807) is 44.6 Å². The quantitative estimate of drug-likeness (QED) is 0.374. The highest BCUT2D eigenvalue weighted by Gasteiger charge is 2.41. The molecule has 0 unspecified atom stereocenters. The van der Waals surface area contributed by atoms with E-state index in [0.717, 1.165) is 16.2 Å². The number of phenolic OH excluding ortho intramolecular Hbond substituents is 2. The third-order valence-corrected chi connectivity index (χ3v) is 6.84. The molecule has 0 aromatic heterocycles. The van der Waals surface area contributed by atoms with Crippen molar-refractivity contribution < 1.29 is 10.2 Å². The molecular weight excluding hydrogens is 320 g/mol. The Hall–Kier alpha value is -2.22. The Kier molecular flexibility index (Phi) is 3.81. The van der Waals surface area contributed by atoms with Gasteiger partial charge in [-0.05, 0) is 96.6 Å². The predicted molar refractivity (Wildman–Crippen MR) is 106 cm³/mol. The fourth-order valence-electron chi connectivity index (χ4n) is 5.97. The van der Waals surface area contributed by atoms with Crippen LogP contribution in [-0.4, -0.2) is 10.2 Å². The number of fused-ring (bicyclic) bond motifs is 2. The van der Waals surface area contributed by atoms with Crippen LogP contribution in [0.1, 0.15) is 38.5 Å². The molecule has 0 amide bonds. The second-order valence-electron chi connectivity index (χ2n) is 8.73. The number of phenols is 2. The number of rotatable bonds is 0.